The molecule has 170 valence electrons. The lowest BCUT2D eigenvalue weighted by atomic mass is 10.1. The Morgan fingerprint density at radius 3 is 2.53 bits per heavy atom. The Bertz CT molecular complexity index is 1080. The zero-order valence-electron chi connectivity index (χ0n) is 17.9. The first-order valence-corrected chi connectivity index (χ1v) is 10.0. The van der Waals surface area contributed by atoms with E-state index >= 15 is 0 Å². The van der Waals surface area contributed by atoms with E-state index in [9.17, 15) is 18.4 Å². The number of aryl methyl sites for hydroxylation is 1. The van der Waals surface area contributed by atoms with Crippen LogP contribution in [-0.4, -0.2) is 44.9 Å². The van der Waals surface area contributed by atoms with Crippen molar-refractivity contribution in [2.45, 2.75) is 33.9 Å². The average Bonchev–Trinajstić information content (AvgIpc) is 3.39. The summed E-state index contributed by atoms with van der Waals surface area (Å²) in [4.78, 5) is 25.2. The summed E-state index contributed by atoms with van der Waals surface area (Å²) < 4.78 is 30.4. The molecule has 0 aliphatic heterocycles. The van der Waals surface area contributed by atoms with E-state index in [4.69, 9.17) is 0 Å². The van der Waals surface area contributed by atoms with Crippen molar-refractivity contribution in [2.24, 2.45) is 5.92 Å². The van der Waals surface area contributed by atoms with E-state index in [-0.39, 0.29) is 34.6 Å². The first-order valence-electron chi connectivity index (χ1n) is 10.0. The van der Waals surface area contributed by atoms with Crippen LogP contribution in [0.5, 0.6) is 5.75 Å². The van der Waals surface area contributed by atoms with Crippen LogP contribution in [0.15, 0.2) is 36.5 Å². The second-order valence-corrected chi connectivity index (χ2v) is 7.37. The highest BCUT2D eigenvalue weighted by Gasteiger charge is 2.20. The van der Waals surface area contributed by atoms with Gasteiger partial charge in [-0.3, -0.25) is 19.4 Å². The van der Waals surface area contributed by atoms with E-state index in [1.165, 1.54) is 18.2 Å². The molecule has 0 fully saturated rings. The Kier molecular flexibility index (Phi) is 7.18. The van der Waals surface area contributed by atoms with Crippen LogP contribution in [0.2, 0.25) is 0 Å². The smallest absolute Gasteiger partial charge is 0.387 e. The zero-order valence-corrected chi connectivity index (χ0v) is 17.9. The fraction of sp³-hybridized carbons (Fsp3) is 0.333. The number of ether oxygens (including phenoxy) is 1. The average molecular weight is 446 g/mol. The summed E-state index contributed by atoms with van der Waals surface area (Å²) in [5.41, 5.74) is 1.61. The minimum atomic E-state index is -2.91. The third-order valence-electron chi connectivity index (χ3n) is 4.42. The molecule has 0 radical (unpaired) electrons. The largest absolute Gasteiger partial charge is 0.435 e. The van der Waals surface area contributed by atoms with Gasteiger partial charge in [-0.15, -0.1) is 0 Å². The predicted molar refractivity (Wildman–Crippen MR) is 114 cm³/mol. The van der Waals surface area contributed by atoms with E-state index < -0.39 is 12.5 Å². The molecule has 3 aromatic rings. The standard InChI is InChI=1S/C21H24F2N6O3/c1-4-29-11-17(18(28-29)20(31)24-10-12(2)3)25-19(30)16-9-15(26-27-16)13-5-7-14(8-6-13)32-21(22)23/h5-9,11-12,21H,4,10H2,1-3H3,(H,24,31)(H,25,30)(H,26,27). The number of anilines is 1. The van der Waals surface area contributed by atoms with Gasteiger partial charge in [0, 0.05) is 24.8 Å². The molecule has 0 spiro atoms. The van der Waals surface area contributed by atoms with Crippen LogP contribution < -0.4 is 15.4 Å². The van der Waals surface area contributed by atoms with Crippen LogP contribution in [0, 0.1) is 5.92 Å². The Balaban J connectivity index is 1.74. The van der Waals surface area contributed by atoms with Gasteiger partial charge in [0.15, 0.2) is 5.69 Å². The van der Waals surface area contributed by atoms with Crippen LogP contribution in [0.25, 0.3) is 11.3 Å². The summed E-state index contributed by atoms with van der Waals surface area (Å²) in [5.74, 6) is -0.592. The van der Waals surface area contributed by atoms with Crippen LogP contribution in [0.1, 0.15) is 41.7 Å². The number of benzene rings is 1. The van der Waals surface area contributed by atoms with Gasteiger partial charge < -0.3 is 15.4 Å². The van der Waals surface area contributed by atoms with Gasteiger partial charge in [0.25, 0.3) is 11.8 Å². The van der Waals surface area contributed by atoms with Crippen molar-refractivity contribution in [3.05, 3.63) is 47.9 Å². The monoisotopic (exact) mass is 446 g/mol. The van der Waals surface area contributed by atoms with Crippen LogP contribution >= 0.6 is 0 Å². The molecule has 0 aliphatic carbocycles. The number of halogens is 2. The molecule has 9 nitrogen and oxygen atoms in total. The molecule has 3 rings (SSSR count). The van der Waals surface area contributed by atoms with E-state index in [1.807, 2.05) is 20.8 Å². The zero-order chi connectivity index (χ0) is 23.3. The van der Waals surface area contributed by atoms with Gasteiger partial charge in [-0.25, -0.2) is 0 Å². The number of nitrogens with zero attached hydrogens (tertiary/aromatic N) is 3. The summed E-state index contributed by atoms with van der Waals surface area (Å²) >= 11 is 0. The fourth-order valence-electron chi connectivity index (χ4n) is 2.81. The Morgan fingerprint density at radius 1 is 1.19 bits per heavy atom. The van der Waals surface area contributed by atoms with Crippen molar-refractivity contribution in [2.75, 3.05) is 11.9 Å². The number of hydrogen-bond donors (Lipinski definition) is 3. The summed E-state index contributed by atoms with van der Waals surface area (Å²) in [6, 6.07) is 7.39. The summed E-state index contributed by atoms with van der Waals surface area (Å²) in [6.45, 7) is 3.92. The number of amides is 2. The molecule has 0 atom stereocenters. The van der Waals surface area contributed by atoms with Gasteiger partial charge in [-0.2, -0.15) is 19.0 Å². The van der Waals surface area contributed by atoms with Crippen molar-refractivity contribution in [3.63, 3.8) is 0 Å². The van der Waals surface area contributed by atoms with Crippen molar-refractivity contribution >= 4 is 17.5 Å². The van der Waals surface area contributed by atoms with E-state index in [0.717, 1.165) is 0 Å². The number of aromatic nitrogens is 4. The van der Waals surface area contributed by atoms with E-state index in [1.54, 1.807) is 23.0 Å². The second-order valence-electron chi connectivity index (χ2n) is 7.37. The maximum absolute atomic E-state index is 12.7. The lowest BCUT2D eigenvalue weighted by Gasteiger charge is -2.07. The number of rotatable bonds is 9. The molecule has 2 heterocycles. The Morgan fingerprint density at radius 2 is 1.91 bits per heavy atom. The fourth-order valence-corrected chi connectivity index (χ4v) is 2.81. The maximum Gasteiger partial charge on any atom is 0.387 e. The molecular formula is C21H24F2N6O3. The van der Waals surface area contributed by atoms with Crippen LogP contribution in [-0.2, 0) is 6.54 Å². The molecule has 0 unspecified atom stereocenters. The van der Waals surface area contributed by atoms with E-state index in [2.05, 4.69) is 30.7 Å². The molecule has 0 bridgehead atoms. The molecule has 1 aromatic carbocycles. The van der Waals surface area contributed by atoms with Crippen LogP contribution in [0.4, 0.5) is 14.5 Å². The van der Waals surface area contributed by atoms with Crippen molar-refractivity contribution in [1.29, 1.82) is 0 Å². The molecule has 0 saturated heterocycles. The molecule has 2 aromatic heterocycles. The second kappa shape index (κ2) is 10.0. The third-order valence-corrected chi connectivity index (χ3v) is 4.42. The summed E-state index contributed by atoms with van der Waals surface area (Å²) in [6.07, 6.45) is 1.58. The van der Waals surface area contributed by atoms with Gasteiger partial charge in [0.2, 0.25) is 0 Å². The number of carbonyl (C=O) groups excluding carboxylic acids is 2. The molecule has 3 N–H and O–H groups in total. The summed E-state index contributed by atoms with van der Waals surface area (Å²) in [7, 11) is 0. The minimum Gasteiger partial charge on any atom is -0.435 e. The lowest BCUT2D eigenvalue weighted by Crippen LogP contribution is -2.28. The first-order chi connectivity index (χ1) is 15.3. The number of nitrogens with one attached hydrogen (secondary N) is 3. The summed E-state index contributed by atoms with van der Waals surface area (Å²) in [5, 5.41) is 16.4. The van der Waals surface area contributed by atoms with Crippen molar-refractivity contribution in [3.8, 4) is 17.0 Å². The Hall–Kier alpha value is -3.76. The van der Waals surface area contributed by atoms with Crippen LogP contribution in [0.3, 0.4) is 0 Å². The maximum atomic E-state index is 12.7. The van der Waals surface area contributed by atoms with Gasteiger partial charge in [-0.05, 0) is 43.2 Å². The molecule has 0 aliphatic rings. The number of aromatic amines is 1. The molecule has 0 saturated carbocycles. The molecule has 2 amide bonds. The van der Waals surface area contributed by atoms with Crippen molar-refractivity contribution < 1.29 is 23.1 Å². The number of H-pyrrole nitrogens is 1. The molecular weight excluding hydrogens is 422 g/mol. The first kappa shape index (κ1) is 22.9. The predicted octanol–water partition coefficient (Wildman–Crippen LogP) is 3.53. The van der Waals surface area contributed by atoms with E-state index in [0.29, 0.717) is 24.3 Å². The van der Waals surface area contributed by atoms with Gasteiger partial charge in [0.05, 0.1) is 11.4 Å². The SMILES string of the molecule is CCn1cc(NC(=O)c2cc(-c3ccc(OC(F)F)cc3)n[nH]2)c(C(=O)NCC(C)C)n1. The quantitative estimate of drug-likeness (QED) is 0.465. The topological polar surface area (TPSA) is 114 Å². The lowest BCUT2D eigenvalue weighted by molar-refractivity contribution is -0.0498. The normalized spacial score (nSPS) is 11.1. The van der Waals surface area contributed by atoms with Crippen molar-refractivity contribution in [1.82, 2.24) is 25.3 Å². The molecule has 11 heteroatoms. The van der Waals surface area contributed by atoms with Gasteiger partial charge in [0.1, 0.15) is 11.4 Å². The number of alkyl halides is 2. The van der Waals surface area contributed by atoms with Gasteiger partial charge in [-0.1, -0.05) is 13.8 Å². The third kappa shape index (κ3) is 5.68. The van der Waals surface area contributed by atoms with Gasteiger partial charge >= 0.3 is 6.61 Å². The Labute approximate surface area is 183 Å². The highest BCUT2D eigenvalue weighted by Crippen LogP contribution is 2.23. The minimum absolute atomic E-state index is 0.0217. The number of carbonyl (C=O) groups is 2. The number of hydrogen-bond acceptors (Lipinski definition) is 5. The highest BCUT2D eigenvalue weighted by atomic mass is 19.3. The molecule has 32 heavy (non-hydrogen) atoms. The highest BCUT2D eigenvalue weighted by molar-refractivity contribution is 6.07.